The van der Waals surface area contributed by atoms with Crippen molar-refractivity contribution in [3.05, 3.63) is 21.9 Å². The van der Waals surface area contributed by atoms with E-state index in [1.807, 2.05) is 23.3 Å². The SMILES string of the molecule is Cc1ccsc1C(=O)N1CC2(C1)OCCC2CCNS(C)(=O)=O. The molecule has 1 atom stereocenters. The molecule has 0 aromatic carbocycles. The average Bonchev–Trinajstić information content (AvgIpc) is 3.01. The van der Waals surface area contributed by atoms with Crippen molar-refractivity contribution in [2.24, 2.45) is 5.92 Å². The van der Waals surface area contributed by atoms with E-state index in [1.165, 1.54) is 17.6 Å². The lowest BCUT2D eigenvalue weighted by atomic mass is 9.79. The Balaban J connectivity index is 1.57. The second kappa shape index (κ2) is 6.16. The fourth-order valence-electron chi connectivity index (χ4n) is 3.44. The summed E-state index contributed by atoms with van der Waals surface area (Å²) in [6.07, 6.45) is 2.83. The first-order chi connectivity index (χ1) is 10.8. The molecule has 128 valence electrons. The van der Waals surface area contributed by atoms with Crippen LogP contribution in [0.1, 0.15) is 28.1 Å². The number of amides is 1. The van der Waals surface area contributed by atoms with E-state index in [0.717, 1.165) is 23.3 Å². The first-order valence-electron chi connectivity index (χ1n) is 7.73. The third kappa shape index (κ3) is 3.45. The maximum Gasteiger partial charge on any atom is 0.264 e. The Labute approximate surface area is 140 Å². The molecule has 2 saturated heterocycles. The maximum absolute atomic E-state index is 12.5. The number of rotatable bonds is 5. The minimum atomic E-state index is -3.15. The lowest BCUT2D eigenvalue weighted by Gasteiger charge is -2.50. The van der Waals surface area contributed by atoms with E-state index < -0.39 is 10.0 Å². The van der Waals surface area contributed by atoms with Gasteiger partial charge < -0.3 is 9.64 Å². The number of likely N-dealkylation sites (tertiary alicyclic amines) is 1. The minimum Gasteiger partial charge on any atom is -0.371 e. The van der Waals surface area contributed by atoms with E-state index >= 15 is 0 Å². The van der Waals surface area contributed by atoms with Gasteiger partial charge in [0.1, 0.15) is 5.60 Å². The molecule has 1 aromatic rings. The Kier molecular flexibility index (Phi) is 4.52. The molecule has 3 rings (SSSR count). The van der Waals surface area contributed by atoms with Crippen molar-refractivity contribution in [2.75, 3.05) is 32.5 Å². The van der Waals surface area contributed by atoms with Gasteiger partial charge in [0.15, 0.2) is 0 Å². The largest absolute Gasteiger partial charge is 0.371 e. The van der Waals surface area contributed by atoms with Crippen molar-refractivity contribution in [2.45, 2.75) is 25.4 Å². The first-order valence-corrected chi connectivity index (χ1v) is 10.5. The number of sulfonamides is 1. The van der Waals surface area contributed by atoms with Gasteiger partial charge in [0.05, 0.1) is 24.2 Å². The van der Waals surface area contributed by atoms with Gasteiger partial charge in [-0.15, -0.1) is 11.3 Å². The van der Waals surface area contributed by atoms with Crippen LogP contribution >= 0.6 is 11.3 Å². The summed E-state index contributed by atoms with van der Waals surface area (Å²) in [7, 11) is -3.15. The van der Waals surface area contributed by atoms with Crippen molar-refractivity contribution >= 4 is 27.3 Å². The number of thiophene rings is 1. The van der Waals surface area contributed by atoms with Gasteiger partial charge in [0.25, 0.3) is 5.91 Å². The summed E-state index contributed by atoms with van der Waals surface area (Å²) in [5, 5.41) is 1.93. The summed E-state index contributed by atoms with van der Waals surface area (Å²) in [4.78, 5) is 15.1. The molecule has 2 aliphatic heterocycles. The fourth-order valence-corrected chi connectivity index (χ4v) is 4.82. The van der Waals surface area contributed by atoms with Crippen LogP contribution in [0.5, 0.6) is 0 Å². The molecule has 1 spiro atoms. The number of hydrogen-bond acceptors (Lipinski definition) is 5. The zero-order chi connectivity index (χ0) is 16.7. The van der Waals surface area contributed by atoms with Gasteiger partial charge in [-0.3, -0.25) is 4.79 Å². The van der Waals surface area contributed by atoms with Crippen molar-refractivity contribution < 1.29 is 17.9 Å². The highest BCUT2D eigenvalue weighted by Gasteiger charge is 2.54. The number of carbonyl (C=O) groups excluding carboxylic acids is 1. The Morgan fingerprint density at radius 1 is 1.52 bits per heavy atom. The van der Waals surface area contributed by atoms with Gasteiger partial charge >= 0.3 is 0 Å². The summed E-state index contributed by atoms with van der Waals surface area (Å²) in [6, 6.07) is 1.96. The van der Waals surface area contributed by atoms with E-state index in [1.54, 1.807) is 0 Å². The van der Waals surface area contributed by atoms with Crippen LogP contribution in [0.3, 0.4) is 0 Å². The van der Waals surface area contributed by atoms with Crippen LogP contribution in [-0.2, 0) is 14.8 Å². The number of aryl methyl sites for hydroxylation is 1. The van der Waals surface area contributed by atoms with Gasteiger partial charge in [-0.25, -0.2) is 13.1 Å². The van der Waals surface area contributed by atoms with Crippen molar-refractivity contribution in [3.8, 4) is 0 Å². The second-order valence-electron chi connectivity index (χ2n) is 6.45. The van der Waals surface area contributed by atoms with Crippen LogP contribution in [0.25, 0.3) is 0 Å². The van der Waals surface area contributed by atoms with Gasteiger partial charge in [-0.2, -0.15) is 0 Å². The topological polar surface area (TPSA) is 75.7 Å². The van der Waals surface area contributed by atoms with E-state index in [0.29, 0.717) is 32.2 Å². The molecule has 8 heteroatoms. The van der Waals surface area contributed by atoms with Gasteiger partial charge in [-0.1, -0.05) is 0 Å². The second-order valence-corrected chi connectivity index (χ2v) is 9.20. The van der Waals surface area contributed by atoms with E-state index in [9.17, 15) is 13.2 Å². The van der Waals surface area contributed by atoms with Gasteiger partial charge in [0, 0.05) is 13.2 Å². The summed E-state index contributed by atoms with van der Waals surface area (Å²) in [5.41, 5.74) is 0.738. The standard InChI is InChI=1S/C15H22N2O4S2/c1-11-5-8-22-13(11)14(18)17-9-15(10-17)12(4-7-21-15)3-6-16-23(2,19)20/h5,8,12,16H,3-4,6-7,9-10H2,1-2H3. The molecule has 2 aliphatic rings. The third-order valence-electron chi connectivity index (χ3n) is 4.72. The van der Waals surface area contributed by atoms with Crippen LogP contribution < -0.4 is 4.72 Å². The quantitative estimate of drug-likeness (QED) is 0.859. The normalized spacial score (nSPS) is 23.2. The monoisotopic (exact) mass is 358 g/mol. The smallest absolute Gasteiger partial charge is 0.264 e. The molecule has 0 aliphatic carbocycles. The van der Waals surface area contributed by atoms with Crippen LogP contribution in [0.2, 0.25) is 0 Å². The molecule has 6 nitrogen and oxygen atoms in total. The maximum atomic E-state index is 12.5. The summed E-state index contributed by atoms with van der Waals surface area (Å²) in [5.74, 6) is 0.372. The van der Waals surface area contributed by atoms with Crippen LogP contribution in [0, 0.1) is 12.8 Å². The van der Waals surface area contributed by atoms with Crippen LogP contribution in [0.4, 0.5) is 0 Å². The summed E-state index contributed by atoms with van der Waals surface area (Å²) >= 11 is 1.47. The van der Waals surface area contributed by atoms with E-state index in [4.69, 9.17) is 4.74 Å². The lowest BCUT2D eigenvalue weighted by Crippen LogP contribution is -2.66. The summed E-state index contributed by atoms with van der Waals surface area (Å²) < 4.78 is 30.8. The first kappa shape index (κ1) is 16.9. The molecular weight excluding hydrogens is 336 g/mol. The molecular formula is C15H22N2O4S2. The Morgan fingerprint density at radius 2 is 2.26 bits per heavy atom. The van der Waals surface area contributed by atoms with Crippen LogP contribution in [0.15, 0.2) is 11.4 Å². The number of nitrogens with one attached hydrogen (secondary N) is 1. The van der Waals surface area contributed by atoms with Crippen molar-refractivity contribution in [3.63, 3.8) is 0 Å². The van der Waals surface area contributed by atoms with E-state index in [2.05, 4.69) is 4.72 Å². The highest BCUT2D eigenvalue weighted by molar-refractivity contribution is 7.88. The molecule has 1 unspecified atom stereocenters. The molecule has 1 aromatic heterocycles. The van der Waals surface area contributed by atoms with Gasteiger partial charge in [-0.05, 0) is 42.7 Å². The van der Waals surface area contributed by atoms with Crippen LogP contribution in [-0.4, -0.2) is 57.3 Å². The lowest BCUT2D eigenvalue weighted by molar-refractivity contribution is -0.117. The zero-order valence-corrected chi connectivity index (χ0v) is 15.0. The number of carbonyl (C=O) groups is 1. The highest BCUT2D eigenvalue weighted by atomic mass is 32.2. The zero-order valence-electron chi connectivity index (χ0n) is 13.4. The minimum absolute atomic E-state index is 0.0756. The summed E-state index contributed by atoms with van der Waals surface area (Å²) in [6.45, 7) is 4.26. The molecule has 0 saturated carbocycles. The van der Waals surface area contributed by atoms with E-state index in [-0.39, 0.29) is 11.5 Å². The molecule has 1 amide bonds. The molecule has 0 bridgehead atoms. The Morgan fingerprint density at radius 3 is 2.87 bits per heavy atom. The highest BCUT2D eigenvalue weighted by Crippen LogP contribution is 2.42. The molecule has 2 fully saturated rings. The number of hydrogen-bond donors (Lipinski definition) is 1. The predicted octanol–water partition coefficient (Wildman–Crippen LogP) is 1.23. The van der Waals surface area contributed by atoms with Crippen molar-refractivity contribution in [1.29, 1.82) is 0 Å². The molecule has 1 N–H and O–H groups in total. The molecule has 23 heavy (non-hydrogen) atoms. The predicted molar refractivity (Wildman–Crippen MR) is 89.2 cm³/mol. The number of nitrogens with zero attached hydrogens (tertiary/aromatic N) is 1. The van der Waals surface area contributed by atoms with Crippen molar-refractivity contribution in [1.82, 2.24) is 9.62 Å². The molecule has 0 radical (unpaired) electrons. The number of ether oxygens (including phenoxy) is 1. The Bertz CT molecular complexity index is 692. The average molecular weight is 358 g/mol. The van der Waals surface area contributed by atoms with Gasteiger partial charge in [0.2, 0.25) is 10.0 Å². The third-order valence-corrected chi connectivity index (χ3v) is 6.45. The fraction of sp³-hybridized carbons (Fsp3) is 0.667. The molecule has 3 heterocycles. The Hall–Kier alpha value is -0.960.